The third kappa shape index (κ3) is 2.72. The highest BCUT2D eigenvalue weighted by Gasteiger charge is 2.26. The lowest BCUT2D eigenvalue weighted by Crippen LogP contribution is -2.33. The summed E-state index contributed by atoms with van der Waals surface area (Å²) in [6, 6.07) is 0. The number of rotatable bonds is 2. The van der Waals surface area contributed by atoms with Gasteiger partial charge in [0, 0.05) is 0 Å². The highest BCUT2D eigenvalue weighted by Crippen LogP contribution is 2.28. The van der Waals surface area contributed by atoms with Crippen LogP contribution < -0.4 is 0 Å². The van der Waals surface area contributed by atoms with Gasteiger partial charge in [-0.15, -0.1) is 0 Å². The van der Waals surface area contributed by atoms with Crippen molar-refractivity contribution in [2.45, 2.75) is 51.7 Å². The summed E-state index contributed by atoms with van der Waals surface area (Å²) in [5, 5.41) is 0. The fraction of sp³-hybridized carbons (Fsp3) is 0.714. The van der Waals surface area contributed by atoms with E-state index in [1.165, 1.54) is 12.8 Å². The summed E-state index contributed by atoms with van der Waals surface area (Å²) in [7, 11) is 0. The first-order valence-corrected chi connectivity index (χ1v) is 6.23. The van der Waals surface area contributed by atoms with Gasteiger partial charge in [0.1, 0.15) is 0 Å². The Bertz CT molecular complexity index is 228. The minimum atomic E-state index is 0.453. The van der Waals surface area contributed by atoms with Gasteiger partial charge in [-0.1, -0.05) is 38.2 Å². The smallest absolute Gasteiger partial charge is 0.0642 e. The molecule has 1 nitrogen and oxygen atoms in total. The molecule has 4 atom stereocenters. The Labute approximate surface area is 93.2 Å². The summed E-state index contributed by atoms with van der Waals surface area (Å²) < 4.78 is 6.25. The van der Waals surface area contributed by atoms with E-state index in [4.69, 9.17) is 4.74 Å². The van der Waals surface area contributed by atoms with Crippen LogP contribution in [0.4, 0.5) is 0 Å². The van der Waals surface area contributed by atoms with Gasteiger partial charge in [0.15, 0.2) is 0 Å². The van der Waals surface area contributed by atoms with E-state index in [0.29, 0.717) is 24.0 Å². The quantitative estimate of drug-likeness (QED) is 0.626. The Hall–Kier alpha value is -0.560. The number of hydrogen-bond donors (Lipinski definition) is 0. The molecule has 0 radical (unpaired) electrons. The zero-order valence-electron chi connectivity index (χ0n) is 9.86. The SMILES string of the molecule is CC1CC=CCC1OC1CC=CCC1C. The van der Waals surface area contributed by atoms with Crippen LogP contribution in [0.1, 0.15) is 39.5 Å². The van der Waals surface area contributed by atoms with Gasteiger partial charge in [-0.25, -0.2) is 0 Å². The van der Waals surface area contributed by atoms with Crippen LogP contribution in [0.15, 0.2) is 24.3 Å². The molecular weight excluding hydrogens is 184 g/mol. The normalized spacial score (nSPS) is 40.7. The lowest BCUT2D eigenvalue weighted by Gasteiger charge is -2.33. The van der Waals surface area contributed by atoms with Crippen molar-refractivity contribution in [2.24, 2.45) is 11.8 Å². The maximum Gasteiger partial charge on any atom is 0.0642 e. The Balaban J connectivity index is 1.90. The van der Waals surface area contributed by atoms with E-state index in [0.717, 1.165) is 12.8 Å². The van der Waals surface area contributed by atoms with Crippen molar-refractivity contribution in [3.63, 3.8) is 0 Å². The molecule has 2 aliphatic carbocycles. The van der Waals surface area contributed by atoms with Crippen molar-refractivity contribution in [3.05, 3.63) is 24.3 Å². The fourth-order valence-corrected chi connectivity index (χ4v) is 2.45. The van der Waals surface area contributed by atoms with Crippen LogP contribution in [0.2, 0.25) is 0 Å². The second-order valence-electron chi connectivity index (χ2n) is 5.05. The molecule has 15 heavy (non-hydrogen) atoms. The van der Waals surface area contributed by atoms with Gasteiger partial charge in [-0.2, -0.15) is 0 Å². The molecule has 0 bridgehead atoms. The van der Waals surface area contributed by atoms with Crippen LogP contribution in [0, 0.1) is 11.8 Å². The third-order valence-electron chi connectivity index (χ3n) is 3.70. The van der Waals surface area contributed by atoms with Crippen molar-refractivity contribution in [1.29, 1.82) is 0 Å². The van der Waals surface area contributed by atoms with Crippen LogP contribution in [0.3, 0.4) is 0 Å². The van der Waals surface area contributed by atoms with Gasteiger partial charge in [-0.3, -0.25) is 0 Å². The molecule has 0 spiro atoms. The maximum absolute atomic E-state index is 6.25. The minimum Gasteiger partial charge on any atom is -0.374 e. The van der Waals surface area contributed by atoms with Crippen LogP contribution in [-0.4, -0.2) is 12.2 Å². The standard InChI is InChI=1S/C14H22O/c1-11-7-3-5-9-13(11)15-14-10-6-4-8-12(14)2/h3-6,11-14H,7-10H2,1-2H3. The Kier molecular flexibility index (Phi) is 3.63. The van der Waals surface area contributed by atoms with Crippen molar-refractivity contribution in [3.8, 4) is 0 Å². The van der Waals surface area contributed by atoms with Gasteiger partial charge in [0.05, 0.1) is 12.2 Å². The summed E-state index contributed by atoms with van der Waals surface area (Å²) in [5.74, 6) is 1.38. The number of hydrogen-bond acceptors (Lipinski definition) is 1. The number of ether oxygens (including phenoxy) is 1. The molecule has 0 aromatic rings. The van der Waals surface area contributed by atoms with E-state index < -0.39 is 0 Å². The molecule has 0 saturated heterocycles. The van der Waals surface area contributed by atoms with Gasteiger partial charge in [-0.05, 0) is 37.5 Å². The zero-order chi connectivity index (χ0) is 10.7. The van der Waals surface area contributed by atoms with Crippen molar-refractivity contribution < 1.29 is 4.74 Å². The first kappa shape index (κ1) is 10.9. The fourth-order valence-electron chi connectivity index (χ4n) is 2.45. The molecule has 0 amide bonds. The van der Waals surface area contributed by atoms with E-state index in [1.807, 2.05) is 0 Å². The largest absolute Gasteiger partial charge is 0.374 e. The summed E-state index contributed by atoms with van der Waals surface area (Å²) in [5.41, 5.74) is 0. The minimum absolute atomic E-state index is 0.453. The Morgan fingerprint density at radius 2 is 1.13 bits per heavy atom. The molecule has 2 aliphatic rings. The molecule has 84 valence electrons. The van der Waals surface area contributed by atoms with E-state index in [9.17, 15) is 0 Å². The summed E-state index contributed by atoms with van der Waals surface area (Å²) in [6.07, 6.45) is 14.6. The van der Waals surface area contributed by atoms with Crippen LogP contribution in [-0.2, 0) is 4.74 Å². The average Bonchev–Trinajstić information content (AvgIpc) is 2.24. The van der Waals surface area contributed by atoms with Crippen molar-refractivity contribution in [1.82, 2.24) is 0 Å². The van der Waals surface area contributed by atoms with Crippen LogP contribution in [0.5, 0.6) is 0 Å². The third-order valence-corrected chi connectivity index (χ3v) is 3.70. The van der Waals surface area contributed by atoms with Gasteiger partial charge < -0.3 is 4.74 Å². The topological polar surface area (TPSA) is 9.23 Å². The van der Waals surface area contributed by atoms with Gasteiger partial charge >= 0.3 is 0 Å². The van der Waals surface area contributed by atoms with Crippen LogP contribution in [0.25, 0.3) is 0 Å². The van der Waals surface area contributed by atoms with E-state index >= 15 is 0 Å². The van der Waals surface area contributed by atoms with E-state index in [2.05, 4.69) is 38.2 Å². The lowest BCUT2D eigenvalue weighted by atomic mass is 9.90. The second-order valence-corrected chi connectivity index (χ2v) is 5.05. The summed E-state index contributed by atoms with van der Waals surface area (Å²) in [4.78, 5) is 0. The predicted octanol–water partition coefficient (Wildman–Crippen LogP) is 3.71. The molecule has 0 saturated carbocycles. The van der Waals surface area contributed by atoms with Gasteiger partial charge in [0.2, 0.25) is 0 Å². The predicted molar refractivity (Wildman–Crippen MR) is 63.7 cm³/mol. The number of allylic oxidation sites excluding steroid dienone is 2. The van der Waals surface area contributed by atoms with Crippen molar-refractivity contribution in [2.75, 3.05) is 0 Å². The van der Waals surface area contributed by atoms with Gasteiger partial charge in [0.25, 0.3) is 0 Å². The average molecular weight is 206 g/mol. The summed E-state index contributed by atoms with van der Waals surface area (Å²) >= 11 is 0. The molecule has 0 N–H and O–H groups in total. The second kappa shape index (κ2) is 4.98. The molecule has 0 heterocycles. The first-order chi connectivity index (χ1) is 7.27. The monoisotopic (exact) mass is 206 g/mol. The van der Waals surface area contributed by atoms with E-state index in [-0.39, 0.29) is 0 Å². The highest BCUT2D eigenvalue weighted by atomic mass is 16.5. The summed E-state index contributed by atoms with van der Waals surface area (Å²) in [6.45, 7) is 4.61. The molecule has 0 aromatic heterocycles. The Morgan fingerprint density at radius 1 is 0.733 bits per heavy atom. The Morgan fingerprint density at radius 3 is 1.53 bits per heavy atom. The molecule has 4 unspecified atom stereocenters. The molecule has 2 rings (SSSR count). The zero-order valence-corrected chi connectivity index (χ0v) is 9.86. The molecule has 0 fully saturated rings. The van der Waals surface area contributed by atoms with Crippen molar-refractivity contribution >= 4 is 0 Å². The molecular formula is C14H22O. The van der Waals surface area contributed by atoms with E-state index in [1.54, 1.807) is 0 Å². The molecule has 0 aromatic carbocycles. The lowest BCUT2D eigenvalue weighted by molar-refractivity contribution is -0.0624. The highest BCUT2D eigenvalue weighted by molar-refractivity contribution is 4.97. The molecule has 1 heteroatoms. The van der Waals surface area contributed by atoms with Crippen LogP contribution >= 0.6 is 0 Å². The molecule has 0 aliphatic heterocycles. The maximum atomic E-state index is 6.25. The first-order valence-electron chi connectivity index (χ1n) is 6.23.